The third-order valence-electron chi connectivity index (χ3n) is 2.54. The van der Waals surface area contributed by atoms with Crippen molar-refractivity contribution in [1.29, 1.82) is 5.26 Å². The highest BCUT2D eigenvalue weighted by Crippen LogP contribution is 2.32. The molecule has 0 atom stereocenters. The molecule has 0 saturated carbocycles. The molecule has 0 saturated heterocycles. The van der Waals surface area contributed by atoms with Gasteiger partial charge in [-0.05, 0) is 12.1 Å². The van der Waals surface area contributed by atoms with E-state index in [1.807, 2.05) is 6.07 Å². The van der Waals surface area contributed by atoms with Gasteiger partial charge in [0.15, 0.2) is 0 Å². The summed E-state index contributed by atoms with van der Waals surface area (Å²) in [6.07, 6.45) is -4.60. The van der Waals surface area contributed by atoms with Gasteiger partial charge in [-0.3, -0.25) is 4.98 Å². The molecule has 0 amide bonds. The van der Waals surface area contributed by atoms with Gasteiger partial charge in [-0.15, -0.1) is 0 Å². The summed E-state index contributed by atoms with van der Waals surface area (Å²) in [6.45, 7) is 0. The molecule has 5 heteroatoms. The second-order valence-electron chi connectivity index (χ2n) is 3.93. The summed E-state index contributed by atoms with van der Waals surface area (Å²) in [4.78, 5) is 4.08. The van der Waals surface area contributed by atoms with E-state index < -0.39 is 11.7 Å². The average molecular weight is 262 g/mol. The fraction of sp³-hybridized carbons (Fsp3) is 0.143. The lowest BCUT2D eigenvalue weighted by atomic mass is 10.1. The number of nitriles is 1. The summed E-state index contributed by atoms with van der Waals surface area (Å²) >= 11 is 0. The molecular formula is C14H9F3N2. The Bertz CT molecular complexity index is 613. The Balaban J connectivity index is 2.56. The normalized spacial score (nSPS) is 11.1. The van der Waals surface area contributed by atoms with Crippen molar-refractivity contribution in [2.75, 3.05) is 0 Å². The Hall–Kier alpha value is -2.35. The molecule has 1 aromatic carbocycles. The Kier molecular flexibility index (Phi) is 3.52. The van der Waals surface area contributed by atoms with E-state index in [-0.39, 0.29) is 17.8 Å². The van der Waals surface area contributed by atoms with Crippen molar-refractivity contribution in [3.8, 4) is 17.3 Å². The first-order valence-electron chi connectivity index (χ1n) is 5.51. The van der Waals surface area contributed by atoms with Crippen molar-refractivity contribution in [3.63, 3.8) is 0 Å². The highest BCUT2D eigenvalue weighted by atomic mass is 19.4. The van der Waals surface area contributed by atoms with Crippen LogP contribution in [0.3, 0.4) is 0 Å². The first-order chi connectivity index (χ1) is 9.00. The minimum atomic E-state index is -4.45. The topological polar surface area (TPSA) is 36.7 Å². The maximum atomic E-state index is 12.8. The Morgan fingerprint density at radius 1 is 1.11 bits per heavy atom. The van der Waals surface area contributed by atoms with Gasteiger partial charge in [-0.25, -0.2) is 0 Å². The zero-order valence-corrected chi connectivity index (χ0v) is 9.78. The predicted molar refractivity (Wildman–Crippen MR) is 64.0 cm³/mol. The van der Waals surface area contributed by atoms with Gasteiger partial charge in [0.25, 0.3) is 0 Å². The number of alkyl halides is 3. The third-order valence-corrected chi connectivity index (χ3v) is 2.54. The number of aromatic nitrogens is 1. The lowest BCUT2D eigenvalue weighted by Crippen LogP contribution is -2.07. The second kappa shape index (κ2) is 5.11. The zero-order chi connectivity index (χ0) is 13.9. The Morgan fingerprint density at radius 3 is 2.37 bits per heavy atom. The highest BCUT2D eigenvalue weighted by Gasteiger charge is 2.31. The van der Waals surface area contributed by atoms with Crippen LogP contribution in [0, 0.1) is 11.3 Å². The van der Waals surface area contributed by atoms with Gasteiger partial charge in [-0.1, -0.05) is 30.3 Å². The maximum Gasteiger partial charge on any atom is 0.416 e. The molecule has 0 aliphatic carbocycles. The Morgan fingerprint density at radius 2 is 1.79 bits per heavy atom. The first kappa shape index (κ1) is 13.1. The third kappa shape index (κ3) is 3.10. The summed E-state index contributed by atoms with van der Waals surface area (Å²) in [5.41, 5.74) is 0.149. The zero-order valence-electron chi connectivity index (χ0n) is 9.78. The standard InChI is InChI=1S/C14H9F3N2/c15-14(16,17)11-8-12(6-7-18)19-13(9-11)10-4-2-1-3-5-10/h1-5,8-9H,6H2. The van der Waals surface area contributed by atoms with Crippen LogP contribution in [0.25, 0.3) is 11.3 Å². The molecule has 0 bridgehead atoms. The van der Waals surface area contributed by atoms with Crippen LogP contribution in [0.15, 0.2) is 42.5 Å². The molecule has 0 unspecified atom stereocenters. The number of rotatable bonds is 2. The van der Waals surface area contributed by atoms with E-state index in [0.29, 0.717) is 5.56 Å². The number of hydrogen-bond acceptors (Lipinski definition) is 2. The summed E-state index contributed by atoms with van der Waals surface area (Å²) in [6, 6.07) is 12.3. The van der Waals surface area contributed by atoms with Crippen LogP contribution in [0.2, 0.25) is 0 Å². The lowest BCUT2D eigenvalue weighted by Gasteiger charge is -2.10. The molecule has 2 aromatic rings. The van der Waals surface area contributed by atoms with Gasteiger partial charge in [0.2, 0.25) is 0 Å². The van der Waals surface area contributed by atoms with E-state index in [9.17, 15) is 13.2 Å². The highest BCUT2D eigenvalue weighted by molar-refractivity contribution is 5.60. The van der Waals surface area contributed by atoms with Gasteiger partial charge in [-0.2, -0.15) is 18.4 Å². The molecule has 2 rings (SSSR count). The van der Waals surface area contributed by atoms with Gasteiger partial charge < -0.3 is 0 Å². The van der Waals surface area contributed by atoms with E-state index in [1.165, 1.54) is 0 Å². The molecule has 19 heavy (non-hydrogen) atoms. The molecule has 0 aliphatic rings. The van der Waals surface area contributed by atoms with Crippen LogP contribution in [0.1, 0.15) is 11.3 Å². The SMILES string of the molecule is N#CCc1cc(C(F)(F)F)cc(-c2ccccc2)n1. The molecule has 0 spiro atoms. The van der Waals surface area contributed by atoms with Gasteiger partial charge in [0.1, 0.15) is 0 Å². The van der Waals surface area contributed by atoms with E-state index in [4.69, 9.17) is 5.26 Å². The first-order valence-corrected chi connectivity index (χ1v) is 5.51. The van der Waals surface area contributed by atoms with Crippen LogP contribution in [0.5, 0.6) is 0 Å². The van der Waals surface area contributed by atoms with Crippen molar-refractivity contribution in [3.05, 3.63) is 53.7 Å². The summed E-state index contributed by atoms with van der Waals surface area (Å²) in [5, 5.41) is 8.60. The largest absolute Gasteiger partial charge is 0.416 e. The van der Waals surface area contributed by atoms with Crippen molar-refractivity contribution >= 4 is 0 Å². The van der Waals surface area contributed by atoms with Crippen LogP contribution in [0.4, 0.5) is 13.2 Å². The van der Waals surface area contributed by atoms with Crippen LogP contribution in [-0.4, -0.2) is 4.98 Å². The number of halogens is 3. The molecule has 0 fully saturated rings. The number of benzene rings is 1. The van der Waals surface area contributed by atoms with Crippen LogP contribution < -0.4 is 0 Å². The smallest absolute Gasteiger partial charge is 0.252 e. The van der Waals surface area contributed by atoms with E-state index in [0.717, 1.165) is 12.1 Å². The predicted octanol–water partition coefficient (Wildman–Crippen LogP) is 3.83. The molecule has 2 nitrogen and oxygen atoms in total. The number of pyridine rings is 1. The molecule has 0 radical (unpaired) electrons. The second-order valence-corrected chi connectivity index (χ2v) is 3.93. The molecule has 0 N–H and O–H groups in total. The maximum absolute atomic E-state index is 12.8. The number of nitrogens with zero attached hydrogens (tertiary/aromatic N) is 2. The van der Waals surface area contributed by atoms with Crippen molar-refractivity contribution in [1.82, 2.24) is 4.98 Å². The molecule has 96 valence electrons. The lowest BCUT2D eigenvalue weighted by molar-refractivity contribution is -0.137. The molecular weight excluding hydrogens is 253 g/mol. The fourth-order valence-electron chi connectivity index (χ4n) is 1.68. The van der Waals surface area contributed by atoms with Crippen molar-refractivity contribution in [2.24, 2.45) is 0 Å². The average Bonchev–Trinajstić information content (AvgIpc) is 2.39. The molecule has 0 aliphatic heterocycles. The van der Waals surface area contributed by atoms with Gasteiger partial charge in [0, 0.05) is 5.56 Å². The monoisotopic (exact) mass is 262 g/mol. The minimum Gasteiger partial charge on any atom is -0.252 e. The van der Waals surface area contributed by atoms with E-state index in [1.54, 1.807) is 30.3 Å². The van der Waals surface area contributed by atoms with E-state index in [2.05, 4.69) is 4.98 Å². The Labute approximate surface area is 108 Å². The van der Waals surface area contributed by atoms with Crippen molar-refractivity contribution in [2.45, 2.75) is 12.6 Å². The quantitative estimate of drug-likeness (QED) is 0.824. The summed E-state index contributed by atoms with van der Waals surface area (Å²) in [5.74, 6) is 0. The van der Waals surface area contributed by atoms with Crippen molar-refractivity contribution < 1.29 is 13.2 Å². The van der Waals surface area contributed by atoms with Gasteiger partial charge >= 0.3 is 6.18 Å². The fourth-order valence-corrected chi connectivity index (χ4v) is 1.68. The van der Waals surface area contributed by atoms with Crippen LogP contribution >= 0.6 is 0 Å². The number of hydrogen-bond donors (Lipinski definition) is 0. The molecule has 1 heterocycles. The van der Waals surface area contributed by atoms with E-state index >= 15 is 0 Å². The van der Waals surface area contributed by atoms with Crippen LogP contribution in [-0.2, 0) is 12.6 Å². The minimum absolute atomic E-state index is 0.121. The summed E-state index contributed by atoms with van der Waals surface area (Å²) < 4.78 is 38.4. The van der Waals surface area contributed by atoms with Gasteiger partial charge in [0.05, 0.1) is 29.4 Å². The summed E-state index contributed by atoms with van der Waals surface area (Å²) in [7, 11) is 0. The molecule has 1 aromatic heterocycles.